The molecule has 1 aromatic carbocycles. The molecule has 0 amide bonds. The molecule has 4 rings (SSSR count). The quantitative estimate of drug-likeness (QED) is 0.835. The van der Waals surface area contributed by atoms with Crippen LogP contribution < -0.4 is 5.76 Å². The number of methoxy groups -OCH3 is 1. The Morgan fingerprint density at radius 2 is 1.85 bits per heavy atom. The van der Waals surface area contributed by atoms with Crippen LogP contribution in [-0.4, -0.2) is 41.3 Å². The topological polar surface area (TPSA) is 47.6 Å². The minimum atomic E-state index is -0.212. The van der Waals surface area contributed by atoms with Crippen molar-refractivity contribution in [2.45, 2.75) is 70.1 Å². The Morgan fingerprint density at radius 1 is 1.15 bits per heavy atom. The van der Waals surface area contributed by atoms with E-state index in [0.29, 0.717) is 11.7 Å². The minimum Gasteiger partial charge on any atom is -0.408 e. The Morgan fingerprint density at radius 3 is 2.50 bits per heavy atom. The number of benzene rings is 1. The highest BCUT2D eigenvalue weighted by Gasteiger charge is 2.38. The molecule has 142 valence electrons. The van der Waals surface area contributed by atoms with Crippen molar-refractivity contribution in [3.05, 3.63) is 34.3 Å². The predicted molar refractivity (Wildman–Crippen MR) is 103 cm³/mol. The van der Waals surface area contributed by atoms with E-state index in [9.17, 15) is 4.79 Å². The fourth-order valence-electron chi connectivity index (χ4n) is 4.92. The summed E-state index contributed by atoms with van der Waals surface area (Å²) in [5, 5.41) is 0. The summed E-state index contributed by atoms with van der Waals surface area (Å²) in [5.41, 5.74) is 3.08. The number of piperidine rings is 1. The first-order valence-corrected chi connectivity index (χ1v) is 9.90. The highest BCUT2D eigenvalue weighted by Crippen LogP contribution is 2.37. The summed E-state index contributed by atoms with van der Waals surface area (Å²) in [5.74, 6) is -0.212. The highest BCUT2D eigenvalue weighted by molar-refractivity contribution is 5.73. The van der Waals surface area contributed by atoms with E-state index in [1.54, 1.807) is 0 Å². The summed E-state index contributed by atoms with van der Waals surface area (Å²) in [7, 11) is 1.83. The van der Waals surface area contributed by atoms with E-state index in [4.69, 9.17) is 9.15 Å². The molecule has 1 aliphatic carbocycles. The Labute approximate surface area is 154 Å². The summed E-state index contributed by atoms with van der Waals surface area (Å²) < 4.78 is 12.9. The van der Waals surface area contributed by atoms with Gasteiger partial charge in [-0.3, -0.25) is 9.47 Å². The Hall–Kier alpha value is -1.59. The molecular weight excluding hydrogens is 328 g/mol. The van der Waals surface area contributed by atoms with E-state index >= 15 is 0 Å². The molecule has 1 saturated heterocycles. The van der Waals surface area contributed by atoms with Gasteiger partial charge in [0.1, 0.15) is 0 Å². The summed E-state index contributed by atoms with van der Waals surface area (Å²) in [6, 6.07) is 6.21. The van der Waals surface area contributed by atoms with Crippen molar-refractivity contribution >= 4 is 11.1 Å². The van der Waals surface area contributed by atoms with Crippen LogP contribution in [0, 0.1) is 6.92 Å². The van der Waals surface area contributed by atoms with Crippen molar-refractivity contribution in [1.82, 2.24) is 9.47 Å². The van der Waals surface area contributed by atoms with Gasteiger partial charge in [0.25, 0.3) is 0 Å². The lowest BCUT2D eigenvalue weighted by Crippen LogP contribution is -2.52. The van der Waals surface area contributed by atoms with Crippen LogP contribution in [0.3, 0.4) is 0 Å². The maximum Gasteiger partial charge on any atom is 0.420 e. The first-order valence-electron chi connectivity index (χ1n) is 9.90. The summed E-state index contributed by atoms with van der Waals surface area (Å²) in [6.45, 7) is 6.55. The van der Waals surface area contributed by atoms with Crippen molar-refractivity contribution in [1.29, 1.82) is 0 Å². The molecule has 1 saturated carbocycles. The SMILES string of the molecule is CO[C@H]1CC[C@](C)(N2CCC(n3c(=O)oc4ccc(C)cc43)CC2)CC1. The maximum atomic E-state index is 12.4. The Kier molecular flexibility index (Phi) is 4.70. The molecule has 0 unspecified atom stereocenters. The number of ether oxygens (including phenoxy) is 1. The van der Waals surface area contributed by atoms with E-state index in [-0.39, 0.29) is 17.3 Å². The van der Waals surface area contributed by atoms with Crippen LogP contribution in [-0.2, 0) is 4.74 Å². The second-order valence-corrected chi connectivity index (χ2v) is 8.36. The zero-order valence-corrected chi connectivity index (χ0v) is 16.2. The number of fused-ring (bicyclic) bond motifs is 1. The maximum absolute atomic E-state index is 12.4. The standard InChI is InChI=1S/C21H30N2O3/c1-15-4-5-19-18(14-15)23(20(24)26-19)16-8-12-22(13-9-16)21(2)10-6-17(25-3)7-11-21/h4-5,14,16-17H,6-13H2,1-3H3/t17-,21-. The van der Waals surface area contributed by atoms with Gasteiger partial charge in [-0.1, -0.05) is 6.07 Å². The molecule has 5 nitrogen and oxygen atoms in total. The number of likely N-dealkylation sites (tertiary alicyclic amines) is 1. The third-order valence-corrected chi connectivity index (χ3v) is 6.70. The van der Waals surface area contributed by atoms with Crippen molar-refractivity contribution in [2.75, 3.05) is 20.2 Å². The number of hydrogen-bond acceptors (Lipinski definition) is 4. The normalized spacial score (nSPS) is 28.7. The first-order chi connectivity index (χ1) is 12.5. The monoisotopic (exact) mass is 358 g/mol. The van der Waals surface area contributed by atoms with E-state index in [2.05, 4.69) is 24.8 Å². The zero-order valence-electron chi connectivity index (χ0n) is 16.2. The van der Waals surface area contributed by atoms with Crippen molar-refractivity contribution in [2.24, 2.45) is 0 Å². The zero-order chi connectivity index (χ0) is 18.3. The van der Waals surface area contributed by atoms with Crippen LogP contribution in [0.2, 0.25) is 0 Å². The van der Waals surface area contributed by atoms with Gasteiger partial charge in [0.05, 0.1) is 11.6 Å². The molecular formula is C21H30N2O3. The first kappa shape index (κ1) is 17.8. The fourth-order valence-corrected chi connectivity index (χ4v) is 4.92. The van der Waals surface area contributed by atoms with Crippen molar-refractivity contribution in [3.63, 3.8) is 0 Å². The highest BCUT2D eigenvalue weighted by atomic mass is 16.5. The van der Waals surface area contributed by atoms with Gasteiger partial charge >= 0.3 is 5.76 Å². The van der Waals surface area contributed by atoms with Crippen LogP contribution in [0.1, 0.15) is 57.1 Å². The molecule has 1 aliphatic heterocycles. The molecule has 26 heavy (non-hydrogen) atoms. The molecule has 2 aliphatic rings. The summed E-state index contributed by atoms with van der Waals surface area (Å²) in [6.07, 6.45) is 7.14. The summed E-state index contributed by atoms with van der Waals surface area (Å²) in [4.78, 5) is 15.1. The molecule has 2 heterocycles. The average Bonchev–Trinajstić information content (AvgIpc) is 2.97. The lowest BCUT2D eigenvalue weighted by atomic mass is 9.79. The smallest absolute Gasteiger partial charge is 0.408 e. The van der Waals surface area contributed by atoms with Crippen LogP contribution in [0.25, 0.3) is 11.1 Å². The fraction of sp³-hybridized carbons (Fsp3) is 0.667. The lowest BCUT2D eigenvalue weighted by molar-refractivity contribution is -0.0147. The minimum absolute atomic E-state index is 0.212. The van der Waals surface area contributed by atoms with E-state index < -0.39 is 0 Å². The number of aryl methyl sites for hydroxylation is 1. The molecule has 1 aromatic heterocycles. The number of rotatable bonds is 3. The predicted octanol–water partition coefficient (Wildman–Crippen LogP) is 3.89. The molecule has 0 N–H and O–H groups in total. The third-order valence-electron chi connectivity index (χ3n) is 6.70. The molecule has 2 aromatic rings. The molecule has 0 bridgehead atoms. The lowest BCUT2D eigenvalue weighted by Gasteiger charge is -2.48. The number of hydrogen-bond donors (Lipinski definition) is 0. The molecule has 0 radical (unpaired) electrons. The van der Waals surface area contributed by atoms with Gasteiger partial charge in [0.2, 0.25) is 0 Å². The van der Waals surface area contributed by atoms with Gasteiger partial charge in [0.15, 0.2) is 5.58 Å². The Bertz CT molecular complexity index is 821. The Balaban J connectivity index is 1.48. The molecule has 5 heteroatoms. The van der Waals surface area contributed by atoms with Gasteiger partial charge in [-0.2, -0.15) is 0 Å². The number of oxazole rings is 1. The summed E-state index contributed by atoms with van der Waals surface area (Å²) >= 11 is 0. The van der Waals surface area contributed by atoms with Gasteiger partial charge in [0, 0.05) is 31.8 Å². The second kappa shape index (κ2) is 6.86. The van der Waals surface area contributed by atoms with Gasteiger partial charge < -0.3 is 9.15 Å². The second-order valence-electron chi connectivity index (χ2n) is 8.36. The van der Waals surface area contributed by atoms with Crippen LogP contribution >= 0.6 is 0 Å². The van der Waals surface area contributed by atoms with Crippen molar-refractivity contribution < 1.29 is 9.15 Å². The third kappa shape index (κ3) is 3.12. The number of aromatic nitrogens is 1. The van der Waals surface area contributed by atoms with Gasteiger partial charge in [-0.15, -0.1) is 0 Å². The molecule has 0 spiro atoms. The average molecular weight is 358 g/mol. The largest absolute Gasteiger partial charge is 0.420 e. The molecule has 0 atom stereocenters. The van der Waals surface area contributed by atoms with Crippen molar-refractivity contribution in [3.8, 4) is 0 Å². The van der Waals surface area contributed by atoms with Crippen LogP contribution in [0.15, 0.2) is 27.4 Å². The van der Waals surface area contributed by atoms with Gasteiger partial charge in [-0.25, -0.2) is 4.79 Å². The number of nitrogens with zero attached hydrogens (tertiary/aromatic N) is 2. The van der Waals surface area contributed by atoms with Crippen LogP contribution in [0.5, 0.6) is 0 Å². The van der Waals surface area contributed by atoms with Crippen LogP contribution in [0.4, 0.5) is 0 Å². The van der Waals surface area contributed by atoms with E-state index in [1.165, 1.54) is 12.8 Å². The molecule has 2 fully saturated rings. The van der Waals surface area contributed by atoms with Gasteiger partial charge in [-0.05, 0) is 70.1 Å². The van der Waals surface area contributed by atoms with E-state index in [0.717, 1.165) is 49.9 Å². The van der Waals surface area contributed by atoms with E-state index in [1.807, 2.05) is 23.8 Å².